The number of aromatic nitrogens is 2. The standard InChI is InChI=1S/C20H26N4O3S/c1-3-15-13(2)28-19-18(15)20(27)24(12-21-19)14-6-4-8-22(10-14)17(26)11-23-9-5-7-16(23)25/h12,14H,3-11H2,1-2H3. The number of piperidine rings is 1. The molecule has 0 aliphatic carbocycles. The largest absolute Gasteiger partial charge is 0.339 e. The number of fused-ring (bicyclic) bond motifs is 1. The molecule has 28 heavy (non-hydrogen) atoms. The summed E-state index contributed by atoms with van der Waals surface area (Å²) in [7, 11) is 0. The van der Waals surface area contributed by atoms with Gasteiger partial charge in [0.1, 0.15) is 4.83 Å². The highest BCUT2D eigenvalue weighted by molar-refractivity contribution is 7.18. The summed E-state index contributed by atoms with van der Waals surface area (Å²) < 4.78 is 1.72. The van der Waals surface area contributed by atoms with Crippen molar-refractivity contribution in [2.45, 2.75) is 52.0 Å². The highest BCUT2D eigenvalue weighted by Gasteiger charge is 2.29. The molecule has 2 aromatic heterocycles. The van der Waals surface area contributed by atoms with Crippen LogP contribution in [0.25, 0.3) is 10.2 Å². The van der Waals surface area contributed by atoms with E-state index in [4.69, 9.17) is 0 Å². The van der Waals surface area contributed by atoms with E-state index in [1.807, 2.05) is 6.92 Å². The van der Waals surface area contributed by atoms with Gasteiger partial charge in [-0.25, -0.2) is 4.98 Å². The molecule has 2 fully saturated rings. The number of hydrogen-bond acceptors (Lipinski definition) is 5. The van der Waals surface area contributed by atoms with Crippen molar-refractivity contribution in [2.24, 2.45) is 0 Å². The summed E-state index contributed by atoms with van der Waals surface area (Å²) in [5.74, 6) is 0.0374. The Labute approximate surface area is 168 Å². The van der Waals surface area contributed by atoms with E-state index in [2.05, 4.69) is 11.9 Å². The summed E-state index contributed by atoms with van der Waals surface area (Å²) in [6.45, 7) is 6.10. The van der Waals surface area contributed by atoms with Gasteiger partial charge in [-0.3, -0.25) is 19.0 Å². The van der Waals surface area contributed by atoms with Gasteiger partial charge in [-0.05, 0) is 38.2 Å². The van der Waals surface area contributed by atoms with Crippen LogP contribution >= 0.6 is 11.3 Å². The molecule has 0 bridgehead atoms. The summed E-state index contributed by atoms with van der Waals surface area (Å²) >= 11 is 1.57. The summed E-state index contributed by atoms with van der Waals surface area (Å²) in [6.07, 6.45) is 5.52. The summed E-state index contributed by atoms with van der Waals surface area (Å²) in [5.41, 5.74) is 1.09. The van der Waals surface area contributed by atoms with E-state index in [1.54, 1.807) is 32.0 Å². The molecule has 0 saturated carbocycles. The molecular weight excluding hydrogens is 376 g/mol. The first kappa shape index (κ1) is 19.1. The highest BCUT2D eigenvalue weighted by atomic mass is 32.1. The van der Waals surface area contributed by atoms with Crippen molar-refractivity contribution in [3.8, 4) is 0 Å². The van der Waals surface area contributed by atoms with Crippen LogP contribution in [0.15, 0.2) is 11.1 Å². The van der Waals surface area contributed by atoms with Crippen molar-refractivity contribution in [3.63, 3.8) is 0 Å². The average Bonchev–Trinajstić information content (AvgIpc) is 3.24. The summed E-state index contributed by atoms with van der Waals surface area (Å²) in [6, 6.07) is -0.0682. The quantitative estimate of drug-likeness (QED) is 0.785. The second-order valence-electron chi connectivity index (χ2n) is 7.68. The Morgan fingerprint density at radius 2 is 2.11 bits per heavy atom. The Kier molecular flexibility index (Phi) is 5.23. The Morgan fingerprint density at radius 3 is 2.82 bits per heavy atom. The maximum Gasteiger partial charge on any atom is 0.262 e. The molecule has 7 nitrogen and oxygen atoms in total. The van der Waals surface area contributed by atoms with Gasteiger partial charge in [0.15, 0.2) is 0 Å². The molecule has 1 atom stereocenters. The summed E-state index contributed by atoms with van der Waals surface area (Å²) in [4.78, 5) is 47.6. The number of amides is 2. The first-order valence-corrected chi connectivity index (χ1v) is 10.9. The van der Waals surface area contributed by atoms with Crippen molar-refractivity contribution in [2.75, 3.05) is 26.2 Å². The van der Waals surface area contributed by atoms with E-state index >= 15 is 0 Å². The van der Waals surface area contributed by atoms with Gasteiger partial charge in [0.2, 0.25) is 11.8 Å². The van der Waals surface area contributed by atoms with Gasteiger partial charge in [0.05, 0.1) is 24.3 Å². The number of carbonyl (C=O) groups is 2. The zero-order valence-corrected chi connectivity index (χ0v) is 17.3. The fourth-order valence-electron chi connectivity index (χ4n) is 4.40. The van der Waals surface area contributed by atoms with Gasteiger partial charge in [-0.1, -0.05) is 6.92 Å². The number of aryl methyl sites for hydroxylation is 2. The van der Waals surface area contributed by atoms with Crippen molar-refractivity contribution in [1.82, 2.24) is 19.4 Å². The molecule has 8 heteroatoms. The van der Waals surface area contributed by atoms with Crippen LogP contribution in [-0.2, 0) is 16.0 Å². The van der Waals surface area contributed by atoms with E-state index in [0.717, 1.165) is 46.3 Å². The minimum absolute atomic E-state index is 0.000203. The SMILES string of the molecule is CCc1c(C)sc2ncn(C3CCCN(C(=O)CN4CCCC4=O)C3)c(=O)c12. The van der Waals surface area contributed by atoms with Crippen LogP contribution < -0.4 is 5.56 Å². The Hall–Kier alpha value is -2.22. The number of carbonyl (C=O) groups excluding carboxylic acids is 2. The van der Waals surface area contributed by atoms with Gasteiger partial charge in [0, 0.05) is 30.9 Å². The van der Waals surface area contributed by atoms with Gasteiger partial charge < -0.3 is 9.80 Å². The lowest BCUT2D eigenvalue weighted by atomic mass is 10.0. The summed E-state index contributed by atoms with van der Waals surface area (Å²) in [5, 5.41) is 0.735. The highest BCUT2D eigenvalue weighted by Crippen LogP contribution is 2.28. The zero-order valence-electron chi connectivity index (χ0n) is 16.4. The Bertz CT molecular complexity index is 980. The van der Waals surface area contributed by atoms with E-state index in [-0.39, 0.29) is 30.0 Å². The molecular formula is C20H26N4O3S. The number of hydrogen-bond donors (Lipinski definition) is 0. The Morgan fingerprint density at radius 1 is 1.29 bits per heavy atom. The van der Waals surface area contributed by atoms with Crippen LogP contribution in [-0.4, -0.2) is 57.3 Å². The molecule has 0 radical (unpaired) electrons. The maximum absolute atomic E-state index is 13.2. The molecule has 2 aromatic rings. The minimum Gasteiger partial charge on any atom is -0.339 e. The molecule has 1 unspecified atom stereocenters. The molecule has 4 rings (SSSR count). The molecule has 2 saturated heterocycles. The topological polar surface area (TPSA) is 75.5 Å². The monoisotopic (exact) mass is 402 g/mol. The van der Waals surface area contributed by atoms with Gasteiger partial charge >= 0.3 is 0 Å². The van der Waals surface area contributed by atoms with Crippen molar-refractivity contribution < 1.29 is 9.59 Å². The molecule has 4 heterocycles. The second kappa shape index (κ2) is 7.66. The van der Waals surface area contributed by atoms with E-state index in [1.165, 1.54) is 0 Å². The van der Waals surface area contributed by atoms with Crippen LogP contribution in [0.4, 0.5) is 0 Å². The maximum atomic E-state index is 13.2. The second-order valence-corrected chi connectivity index (χ2v) is 8.89. The lowest BCUT2D eigenvalue weighted by molar-refractivity contribution is -0.139. The number of thiophene rings is 1. The molecule has 150 valence electrons. The third kappa shape index (κ3) is 3.34. The fourth-order valence-corrected chi connectivity index (χ4v) is 5.47. The van der Waals surface area contributed by atoms with Crippen molar-refractivity contribution in [1.29, 1.82) is 0 Å². The molecule has 0 aromatic carbocycles. The van der Waals surface area contributed by atoms with Crippen LogP contribution in [0.5, 0.6) is 0 Å². The van der Waals surface area contributed by atoms with E-state index in [0.29, 0.717) is 26.1 Å². The van der Waals surface area contributed by atoms with Gasteiger partial charge in [0.25, 0.3) is 5.56 Å². The Balaban J connectivity index is 1.56. The van der Waals surface area contributed by atoms with E-state index in [9.17, 15) is 14.4 Å². The predicted octanol–water partition coefficient (Wildman–Crippen LogP) is 2.11. The molecule has 2 aliphatic rings. The molecule has 0 N–H and O–H groups in total. The third-order valence-corrected chi connectivity index (χ3v) is 6.99. The average molecular weight is 403 g/mol. The molecule has 2 amide bonds. The van der Waals surface area contributed by atoms with Crippen LogP contribution in [0, 0.1) is 6.92 Å². The molecule has 0 spiro atoms. The smallest absolute Gasteiger partial charge is 0.262 e. The van der Waals surface area contributed by atoms with Crippen LogP contribution in [0.3, 0.4) is 0 Å². The normalized spacial score (nSPS) is 20.4. The number of nitrogens with zero attached hydrogens (tertiary/aromatic N) is 4. The van der Waals surface area contributed by atoms with Crippen LogP contribution in [0.1, 0.15) is 49.1 Å². The number of rotatable bonds is 4. The van der Waals surface area contributed by atoms with Crippen LogP contribution in [0.2, 0.25) is 0 Å². The first-order valence-electron chi connectivity index (χ1n) is 10.0. The lowest BCUT2D eigenvalue weighted by Gasteiger charge is -2.34. The number of likely N-dealkylation sites (tertiary alicyclic amines) is 2. The van der Waals surface area contributed by atoms with E-state index < -0.39 is 0 Å². The van der Waals surface area contributed by atoms with Gasteiger partial charge in [-0.2, -0.15) is 0 Å². The zero-order chi connectivity index (χ0) is 19.8. The lowest BCUT2D eigenvalue weighted by Crippen LogP contribution is -2.47. The van der Waals surface area contributed by atoms with Crippen molar-refractivity contribution >= 4 is 33.4 Å². The third-order valence-electron chi connectivity index (χ3n) is 5.93. The first-order chi connectivity index (χ1) is 13.5. The molecule has 2 aliphatic heterocycles. The fraction of sp³-hybridized carbons (Fsp3) is 0.600. The minimum atomic E-state index is -0.0682. The predicted molar refractivity (Wildman–Crippen MR) is 109 cm³/mol. The van der Waals surface area contributed by atoms with Crippen molar-refractivity contribution in [3.05, 3.63) is 27.1 Å². The van der Waals surface area contributed by atoms with Gasteiger partial charge in [-0.15, -0.1) is 11.3 Å².